The third kappa shape index (κ3) is 4.24. The normalized spacial score (nSPS) is 14.3. The van der Waals surface area contributed by atoms with Crippen LogP contribution in [-0.2, 0) is 9.53 Å². The maximum atomic E-state index is 13.3. The van der Waals surface area contributed by atoms with Gasteiger partial charge in [-0.3, -0.25) is 14.0 Å². The summed E-state index contributed by atoms with van der Waals surface area (Å²) in [6.45, 7) is 5.39. The minimum Gasteiger partial charge on any atom is -0.438 e. The number of morpholine rings is 1. The molecule has 0 radical (unpaired) electrons. The Balaban J connectivity index is 1.85. The second kappa shape index (κ2) is 9.04. The number of aryl methyl sites for hydroxylation is 2. The van der Waals surface area contributed by atoms with E-state index in [4.69, 9.17) is 9.47 Å². The van der Waals surface area contributed by atoms with Crippen LogP contribution >= 0.6 is 0 Å². The zero-order valence-corrected chi connectivity index (χ0v) is 17.9. The highest BCUT2D eigenvalue weighted by Crippen LogP contribution is 2.25. The van der Waals surface area contributed by atoms with Crippen LogP contribution in [0.25, 0.3) is 11.7 Å². The van der Waals surface area contributed by atoms with Crippen molar-refractivity contribution in [2.75, 3.05) is 26.3 Å². The Kier molecular flexibility index (Phi) is 6.01. The molecule has 0 atom stereocenters. The highest BCUT2D eigenvalue weighted by molar-refractivity contribution is 6.02. The van der Waals surface area contributed by atoms with Crippen molar-refractivity contribution in [1.29, 1.82) is 5.26 Å². The zero-order chi connectivity index (χ0) is 22.7. The molecule has 3 aromatic rings. The molecule has 1 amide bonds. The SMILES string of the molecule is Cc1ccc(Oc2nc3c(C)cccn3c(=O)c2C=C(C#N)C(=O)N2CCOCC2)cc1. The summed E-state index contributed by atoms with van der Waals surface area (Å²) >= 11 is 0. The molecule has 1 aromatic carbocycles. The van der Waals surface area contributed by atoms with Gasteiger partial charge in [0.25, 0.3) is 11.5 Å². The maximum absolute atomic E-state index is 13.3. The number of ether oxygens (including phenoxy) is 2. The Morgan fingerprint density at radius 3 is 2.59 bits per heavy atom. The van der Waals surface area contributed by atoms with Gasteiger partial charge in [0.05, 0.1) is 13.2 Å². The van der Waals surface area contributed by atoms with Gasteiger partial charge < -0.3 is 14.4 Å². The summed E-state index contributed by atoms with van der Waals surface area (Å²) in [7, 11) is 0. The minimum atomic E-state index is -0.453. The molecule has 0 unspecified atom stereocenters. The lowest BCUT2D eigenvalue weighted by atomic mass is 10.1. The first-order chi connectivity index (χ1) is 15.5. The van der Waals surface area contributed by atoms with E-state index in [0.717, 1.165) is 11.1 Å². The molecule has 0 saturated carbocycles. The molecule has 0 spiro atoms. The van der Waals surface area contributed by atoms with Crippen molar-refractivity contribution < 1.29 is 14.3 Å². The van der Waals surface area contributed by atoms with Crippen molar-refractivity contribution in [2.45, 2.75) is 13.8 Å². The van der Waals surface area contributed by atoms with Gasteiger partial charge in [-0.25, -0.2) is 0 Å². The Labute approximate surface area is 184 Å². The van der Waals surface area contributed by atoms with Crippen molar-refractivity contribution in [3.8, 4) is 17.7 Å². The summed E-state index contributed by atoms with van der Waals surface area (Å²) in [5.41, 5.74) is 1.73. The Hall–Kier alpha value is -3.96. The van der Waals surface area contributed by atoms with Gasteiger partial charge in [-0.15, -0.1) is 0 Å². The number of hydrogen-bond acceptors (Lipinski definition) is 6. The molecule has 3 heterocycles. The molecular weight excluding hydrogens is 408 g/mol. The van der Waals surface area contributed by atoms with Crippen LogP contribution in [0.5, 0.6) is 11.6 Å². The van der Waals surface area contributed by atoms with Crippen molar-refractivity contribution in [2.24, 2.45) is 0 Å². The summed E-state index contributed by atoms with van der Waals surface area (Å²) in [5.74, 6) is 0.0783. The third-order valence-corrected chi connectivity index (χ3v) is 5.22. The molecular formula is C24H22N4O4. The lowest BCUT2D eigenvalue weighted by Gasteiger charge is -2.26. The molecule has 4 rings (SSSR count). The Morgan fingerprint density at radius 2 is 1.91 bits per heavy atom. The van der Waals surface area contributed by atoms with Gasteiger partial charge >= 0.3 is 0 Å². The molecule has 1 aliphatic heterocycles. The topological polar surface area (TPSA) is 96.9 Å². The first-order valence-corrected chi connectivity index (χ1v) is 10.2. The average Bonchev–Trinajstić information content (AvgIpc) is 2.81. The van der Waals surface area contributed by atoms with Gasteiger partial charge in [0.2, 0.25) is 5.88 Å². The maximum Gasteiger partial charge on any atom is 0.269 e. The molecule has 0 bridgehead atoms. The smallest absolute Gasteiger partial charge is 0.269 e. The molecule has 8 heteroatoms. The molecule has 1 fully saturated rings. The first kappa shape index (κ1) is 21.3. The highest BCUT2D eigenvalue weighted by atomic mass is 16.5. The van der Waals surface area contributed by atoms with Crippen molar-refractivity contribution in [3.05, 3.63) is 75.2 Å². The number of amides is 1. The van der Waals surface area contributed by atoms with Crippen LogP contribution in [-0.4, -0.2) is 46.5 Å². The predicted molar refractivity (Wildman–Crippen MR) is 118 cm³/mol. The van der Waals surface area contributed by atoms with Crippen molar-refractivity contribution in [1.82, 2.24) is 14.3 Å². The van der Waals surface area contributed by atoms with E-state index in [1.807, 2.05) is 38.1 Å². The molecule has 1 saturated heterocycles. The van der Waals surface area contributed by atoms with E-state index in [1.54, 1.807) is 24.4 Å². The van der Waals surface area contributed by atoms with Gasteiger partial charge in [0.1, 0.15) is 28.6 Å². The number of aromatic nitrogens is 2. The van der Waals surface area contributed by atoms with E-state index >= 15 is 0 Å². The van der Waals surface area contributed by atoms with Gasteiger partial charge in [-0.1, -0.05) is 23.8 Å². The van der Waals surface area contributed by atoms with Gasteiger partial charge in [-0.2, -0.15) is 10.2 Å². The fraction of sp³-hybridized carbons (Fsp3) is 0.250. The fourth-order valence-corrected chi connectivity index (χ4v) is 3.43. The molecule has 2 aromatic heterocycles. The fourth-order valence-electron chi connectivity index (χ4n) is 3.43. The van der Waals surface area contributed by atoms with Crippen molar-refractivity contribution >= 4 is 17.6 Å². The first-order valence-electron chi connectivity index (χ1n) is 10.2. The van der Waals surface area contributed by atoms with Crippen LogP contribution in [0, 0.1) is 25.2 Å². The largest absolute Gasteiger partial charge is 0.438 e. The van der Waals surface area contributed by atoms with Crippen LogP contribution in [0.15, 0.2) is 53.0 Å². The highest BCUT2D eigenvalue weighted by Gasteiger charge is 2.23. The summed E-state index contributed by atoms with van der Waals surface area (Å²) in [4.78, 5) is 32.3. The molecule has 1 aliphatic rings. The van der Waals surface area contributed by atoms with E-state index in [-0.39, 0.29) is 17.0 Å². The Morgan fingerprint density at radius 1 is 1.19 bits per heavy atom. The molecule has 32 heavy (non-hydrogen) atoms. The number of fused-ring (bicyclic) bond motifs is 1. The van der Waals surface area contributed by atoms with Crippen LogP contribution in [0.2, 0.25) is 0 Å². The zero-order valence-electron chi connectivity index (χ0n) is 17.9. The van der Waals surface area contributed by atoms with E-state index < -0.39 is 11.5 Å². The van der Waals surface area contributed by atoms with Gasteiger partial charge in [-0.05, 0) is 43.7 Å². The number of nitriles is 1. The summed E-state index contributed by atoms with van der Waals surface area (Å²) in [5, 5.41) is 9.68. The third-order valence-electron chi connectivity index (χ3n) is 5.22. The summed E-state index contributed by atoms with van der Waals surface area (Å²) in [6, 6.07) is 12.8. The average molecular weight is 430 g/mol. The lowest BCUT2D eigenvalue weighted by Crippen LogP contribution is -2.41. The summed E-state index contributed by atoms with van der Waals surface area (Å²) < 4.78 is 12.6. The second-order valence-electron chi connectivity index (χ2n) is 7.51. The number of hydrogen-bond donors (Lipinski definition) is 0. The Bertz CT molecular complexity index is 1300. The predicted octanol–water partition coefficient (Wildman–Crippen LogP) is 2.87. The minimum absolute atomic E-state index is 0.0341. The van der Waals surface area contributed by atoms with Gasteiger partial charge in [0, 0.05) is 19.3 Å². The van der Waals surface area contributed by atoms with Crippen LogP contribution in [0.4, 0.5) is 0 Å². The summed E-state index contributed by atoms with van der Waals surface area (Å²) in [6.07, 6.45) is 2.87. The van der Waals surface area contributed by atoms with Gasteiger partial charge in [0.15, 0.2) is 0 Å². The van der Waals surface area contributed by atoms with E-state index in [0.29, 0.717) is 37.7 Å². The molecule has 8 nitrogen and oxygen atoms in total. The standard InChI is InChI=1S/C24H22N4O4/c1-16-5-7-19(8-6-16)32-22-20(24(30)28-9-3-4-17(2)21(28)26-22)14-18(15-25)23(29)27-10-12-31-13-11-27/h3-9,14H,10-13H2,1-2H3. The molecule has 0 N–H and O–H groups in total. The second-order valence-corrected chi connectivity index (χ2v) is 7.51. The quantitative estimate of drug-likeness (QED) is 0.466. The molecule has 0 aliphatic carbocycles. The number of rotatable bonds is 4. The van der Waals surface area contributed by atoms with E-state index in [9.17, 15) is 14.9 Å². The number of carbonyl (C=O) groups excluding carboxylic acids is 1. The number of carbonyl (C=O) groups is 1. The number of benzene rings is 1. The number of nitrogens with zero attached hydrogens (tertiary/aromatic N) is 4. The number of pyridine rings is 1. The lowest BCUT2D eigenvalue weighted by molar-refractivity contribution is -0.130. The monoisotopic (exact) mass is 430 g/mol. The van der Waals surface area contributed by atoms with Crippen LogP contribution in [0.1, 0.15) is 16.7 Å². The molecule has 162 valence electrons. The van der Waals surface area contributed by atoms with E-state index in [1.165, 1.54) is 15.4 Å². The van der Waals surface area contributed by atoms with Crippen molar-refractivity contribution in [3.63, 3.8) is 0 Å². The van der Waals surface area contributed by atoms with Crippen LogP contribution in [0.3, 0.4) is 0 Å². The van der Waals surface area contributed by atoms with Crippen LogP contribution < -0.4 is 10.3 Å². The van der Waals surface area contributed by atoms with E-state index in [2.05, 4.69) is 4.98 Å².